The van der Waals surface area contributed by atoms with Gasteiger partial charge in [0.15, 0.2) is 16.1 Å². The van der Waals surface area contributed by atoms with Gasteiger partial charge in [-0.05, 0) is 41.8 Å². The number of halogens is 3. The van der Waals surface area contributed by atoms with Gasteiger partial charge in [-0.25, -0.2) is 13.6 Å². The Hall–Kier alpha value is -2.98. The van der Waals surface area contributed by atoms with E-state index in [1.54, 1.807) is 35.8 Å². The Bertz CT molecular complexity index is 1190. The van der Waals surface area contributed by atoms with Gasteiger partial charge in [0.2, 0.25) is 0 Å². The van der Waals surface area contributed by atoms with Crippen LogP contribution in [0.25, 0.3) is 22.0 Å². The first-order valence-corrected chi connectivity index (χ1v) is 10.3. The molecule has 0 saturated heterocycles. The van der Waals surface area contributed by atoms with E-state index in [2.05, 4.69) is 19.4 Å². The number of pyridine rings is 1. The van der Waals surface area contributed by atoms with Crippen LogP contribution in [0.1, 0.15) is 0 Å². The minimum Gasteiger partial charge on any atom is -0.434 e. The summed E-state index contributed by atoms with van der Waals surface area (Å²) in [7, 11) is -1.54. The first kappa shape index (κ1) is 19.3. The molecule has 0 spiro atoms. The minimum absolute atomic E-state index is 0.102. The van der Waals surface area contributed by atoms with Gasteiger partial charge >= 0.3 is 6.61 Å². The third kappa shape index (κ3) is 4.22. The van der Waals surface area contributed by atoms with Crippen LogP contribution in [0.3, 0.4) is 0 Å². The molecule has 29 heavy (non-hydrogen) atoms. The maximum atomic E-state index is 13.8. The maximum Gasteiger partial charge on any atom is 0.387 e. The van der Waals surface area contributed by atoms with Crippen molar-refractivity contribution in [2.45, 2.75) is 11.5 Å². The lowest BCUT2D eigenvalue weighted by Gasteiger charge is -2.13. The van der Waals surface area contributed by atoms with E-state index in [0.29, 0.717) is 20.8 Å². The van der Waals surface area contributed by atoms with E-state index in [9.17, 15) is 17.4 Å². The monoisotopic (exact) mass is 435 g/mol. The number of rotatable bonds is 6. The summed E-state index contributed by atoms with van der Waals surface area (Å²) >= 11 is 1.32. The molecule has 1 atom stereocenters. The molecule has 0 aliphatic heterocycles. The van der Waals surface area contributed by atoms with Crippen LogP contribution in [0.15, 0.2) is 65.1 Å². The number of alkyl halides is 2. The predicted molar refractivity (Wildman–Crippen MR) is 106 cm³/mol. The van der Waals surface area contributed by atoms with Crippen molar-refractivity contribution in [3.63, 3.8) is 0 Å². The van der Waals surface area contributed by atoms with Crippen LogP contribution in [0.2, 0.25) is 0 Å². The molecule has 4 aromatic rings. The molecule has 10 heteroatoms. The van der Waals surface area contributed by atoms with Gasteiger partial charge in [-0.3, -0.25) is 9.71 Å². The number of fused-ring (bicyclic) bond motifs is 1. The van der Waals surface area contributed by atoms with Crippen LogP contribution < -0.4 is 9.46 Å². The lowest BCUT2D eigenvalue weighted by molar-refractivity contribution is -0.0495. The largest absolute Gasteiger partial charge is 0.434 e. The van der Waals surface area contributed by atoms with E-state index < -0.39 is 23.4 Å². The first-order chi connectivity index (χ1) is 14.0. The van der Waals surface area contributed by atoms with Crippen molar-refractivity contribution in [3.8, 4) is 17.0 Å². The third-order valence-corrected chi connectivity index (χ3v) is 5.85. The van der Waals surface area contributed by atoms with E-state index >= 15 is 0 Å². The molecule has 2 aromatic carbocycles. The highest BCUT2D eigenvalue weighted by Crippen LogP contribution is 2.35. The van der Waals surface area contributed by atoms with E-state index in [0.717, 1.165) is 18.2 Å². The Morgan fingerprint density at radius 1 is 1.07 bits per heavy atom. The molecule has 0 amide bonds. The maximum absolute atomic E-state index is 13.8. The van der Waals surface area contributed by atoms with Crippen LogP contribution in [0.5, 0.6) is 5.75 Å². The van der Waals surface area contributed by atoms with Crippen molar-refractivity contribution in [2.24, 2.45) is 0 Å². The Labute approximate surface area is 169 Å². The topological polar surface area (TPSA) is 64.1 Å². The molecular weight excluding hydrogens is 423 g/mol. The number of nitrogens with one attached hydrogen (secondary N) is 1. The van der Waals surface area contributed by atoms with Gasteiger partial charge in [-0.2, -0.15) is 8.78 Å². The average Bonchev–Trinajstić information content (AvgIpc) is 3.21. The molecule has 2 heterocycles. The van der Waals surface area contributed by atoms with Crippen molar-refractivity contribution in [2.75, 3.05) is 4.72 Å². The highest BCUT2D eigenvalue weighted by molar-refractivity contribution is 7.86. The van der Waals surface area contributed by atoms with E-state index in [1.165, 1.54) is 17.5 Å². The number of aromatic nitrogens is 2. The Morgan fingerprint density at radius 3 is 2.69 bits per heavy atom. The second-order valence-corrected chi connectivity index (χ2v) is 7.88. The fraction of sp³-hybridized carbons (Fsp3) is 0.0526. The molecule has 1 N–H and O–H groups in total. The number of hydrogen-bond acceptors (Lipinski definition) is 5. The van der Waals surface area contributed by atoms with Crippen LogP contribution in [-0.2, 0) is 11.0 Å². The van der Waals surface area contributed by atoms with Gasteiger partial charge in [0.1, 0.15) is 11.6 Å². The molecule has 5 nitrogen and oxygen atoms in total. The summed E-state index contributed by atoms with van der Waals surface area (Å²) in [6.07, 6.45) is 3.07. The molecular formula is C19H12F3N3O2S2. The molecule has 0 saturated carbocycles. The fourth-order valence-electron chi connectivity index (χ4n) is 2.78. The second-order valence-electron chi connectivity index (χ2n) is 5.77. The van der Waals surface area contributed by atoms with Gasteiger partial charge in [0.25, 0.3) is 0 Å². The summed E-state index contributed by atoms with van der Waals surface area (Å²) in [5, 5.41) is 3.52. The first-order valence-electron chi connectivity index (χ1n) is 8.23. The Balaban J connectivity index is 1.76. The Kier molecular flexibility index (Phi) is 5.45. The molecule has 0 aliphatic carbocycles. The Morgan fingerprint density at radius 2 is 1.93 bits per heavy atom. The number of anilines is 1. The van der Waals surface area contributed by atoms with Gasteiger partial charge in [0.05, 0.1) is 10.6 Å². The summed E-state index contributed by atoms with van der Waals surface area (Å²) in [6.45, 7) is -3.06. The molecule has 0 fully saturated rings. The van der Waals surface area contributed by atoms with Gasteiger partial charge in [0, 0.05) is 28.7 Å². The zero-order valence-electron chi connectivity index (χ0n) is 14.5. The summed E-state index contributed by atoms with van der Waals surface area (Å²) in [5.41, 5.74) is 0.383. The number of ether oxygens (including phenoxy) is 1. The van der Waals surface area contributed by atoms with E-state index in [1.807, 2.05) is 0 Å². The molecule has 2 aromatic heterocycles. The molecule has 1 unspecified atom stereocenters. The molecule has 148 valence electrons. The van der Waals surface area contributed by atoms with Gasteiger partial charge < -0.3 is 4.74 Å². The van der Waals surface area contributed by atoms with E-state index in [4.69, 9.17) is 0 Å². The average molecular weight is 435 g/mol. The lowest BCUT2D eigenvalue weighted by atomic mass is 10.0. The zero-order valence-corrected chi connectivity index (χ0v) is 16.1. The van der Waals surface area contributed by atoms with Crippen molar-refractivity contribution >= 4 is 38.2 Å². The van der Waals surface area contributed by atoms with Crippen molar-refractivity contribution in [3.05, 3.63) is 66.1 Å². The fourth-order valence-corrected chi connectivity index (χ4v) is 4.33. The predicted octanol–water partition coefficient (Wildman–Crippen LogP) is 5.23. The molecule has 4 rings (SSSR count). The summed E-state index contributed by atoms with van der Waals surface area (Å²) < 4.78 is 59.1. The van der Waals surface area contributed by atoms with Crippen molar-refractivity contribution in [1.29, 1.82) is 0 Å². The standard InChI is InChI=1S/C19H12F3N3O2S2/c20-12-1-4-16(27-18(21)22)15(10-12)17-14-3-2-13(9-11(14)5-6-23-17)29(26)25-19-24-7-8-28-19/h1-10,18H,(H,24,25). The smallest absolute Gasteiger partial charge is 0.387 e. The van der Waals surface area contributed by atoms with Crippen molar-refractivity contribution in [1.82, 2.24) is 9.97 Å². The highest BCUT2D eigenvalue weighted by Gasteiger charge is 2.16. The zero-order chi connectivity index (χ0) is 20.4. The number of thiazole rings is 1. The third-order valence-electron chi connectivity index (χ3n) is 3.98. The van der Waals surface area contributed by atoms with Crippen LogP contribution in [-0.4, -0.2) is 20.8 Å². The number of benzene rings is 2. The summed E-state index contributed by atoms with van der Waals surface area (Å²) in [4.78, 5) is 8.76. The van der Waals surface area contributed by atoms with Gasteiger partial charge in [-0.15, -0.1) is 11.3 Å². The van der Waals surface area contributed by atoms with Crippen LogP contribution >= 0.6 is 11.3 Å². The lowest BCUT2D eigenvalue weighted by Crippen LogP contribution is -2.05. The highest BCUT2D eigenvalue weighted by atomic mass is 32.2. The second kappa shape index (κ2) is 8.18. The van der Waals surface area contributed by atoms with Crippen LogP contribution in [0.4, 0.5) is 18.3 Å². The normalized spacial score (nSPS) is 12.3. The van der Waals surface area contributed by atoms with Gasteiger partial charge in [-0.1, -0.05) is 6.07 Å². The minimum atomic E-state index is -3.06. The van der Waals surface area contributed by atoms with E-state index in [-0.39, 0.29) is 17.0 Å². The quantitative estimate of drug-likeness (QED) is 0.450. The summed E-state index contributed by atoms with van der Waals surface area (Å²) in [6, 6.07) is 9.93. The van der Waals surface area contributed by atoms with Crippen molar-refractivity contribution < 1.29 is 22.1 Å². The number of hydrogen-bond donors (Lipinski definition) is 1. The number of nitrogens with zero attached hydrogens (tertiary/aromatic N) is 2. The molecule has 0 bridgehead atoms. The SMILES string of the molecule is O=S(Nc1nccs1)c1ccc2c(-c3cc(F)ccc3OC(F)F)nccc2c1. The molecule has 0 aliphatic rings. The molecule has 0 radical (unpaired) electrons. The summed E-state index contributed by atoms with van der Waals surface area (Å²) in [5.74, 6) is -0.787. The van der Waals surface area contributed by atoms with Crippen LogP contribution in [0, 0.1) is 5.82 Å².